The van der Waals surface area contributed by atoms with E-state index in [1.807, 2.05) is 0 Å². The molecule has 4 unspecified atom stereocenters. The van der Waals surface area contributed by atoms with Crippen LogP contribution in [0.1, 0.15) is 33.1 Å². The molecule has 4 atom stereocenters. The van der Waals surface area contributed by atoms with Crippen molar-refractivity contribution in [3.8, 4) is 0 Å². The number of hydrogen-bond donors (Lipinski definition) is 1. The lowest BCUT2D eigenvalue weighted by molar-refractivity contribution is 0.00464. The Labute approximate surface area is 106 Å². The lowest BCUT2D eigenvalue weighted by atomic mass is 9.90. The molecule has 2 saturated heterocycles. The van der Waals surface area contributed by atoms with E-state index in [-0.39, 0.29) is 0 Å². The van der Waals surface area contributed by atoms with Gasteiger partial charge in [0.25, 0.3) is 0 Å². The highest BCUT2D eigenvalue weighted by Gasteiger charge is 2.30. The zero-order valence-corrected chi connectivity index (χ0v) is 11.6. The summed E-state index contributed by atoms with van der Waals surface area (Å²) in [6, 6.07) is 1.40. The summed E-state index contributed by atoms with van der Waals surface area (Å²) in [5.41, 5.74) is 0. The molecule has 17 heavy (non-hydrogen) atoms. The molecule has 2 rings (SSSR count). The molecule has 2 heterocycles. The van der Waals surface area contributed by atoms with Gasteiger partial charge in [-0.05, 0) is 45.7 Å². The number of likely N-dealkylation sites (tertiary alicyclic amines) is 1. The van der Waals surface area contributed by atoms with E-state index in [1.54, 1.807) is 0 Å². The van der Waals surface area contributed by atoms with Crippen LogP contribution in [0.3, 0.4) is 0 Å². The van der Waals surface area contributed by atoms with Crippen LogP contribution in [0.5, 0.6) is 0 Å². The molecule has 1 N–H and O–H groups in total. The summed E-state index contributed by atoms with van der Waals surface area (Å²) in [7, 11) is 2.09. The van der Waals surface area contributed by atoms with Crippen molar-refractivity contribution < 1.29 is 4.74 Å². The van der Waals surface area contributed by atoms with Crippen molar-refractivity contribution in [1.29, 1.82) is 0 Å². The quantitative estimate of drug-likeness (QED) is 0.813. The molecule has 0 aromatic rings. The average Bonchev–Trinajstić information content (AvgIpc) is 2.33. The molecule has 0 spiro atoms. The number of ether oxygens (including phenoxy) is 1. The first-order chi connectivity index (χ1) is 8.20. The van der Waals surface area contributed by atoms with Crippen LogP contribution >= 0.6 is 0 Å². The highest BCUT2D eigenvalue weighted by atomic mass is 16.5. The zero-order chi connectivity index (χ0) is 12.3. The largest absolute Gasteiger partial charge is 0.381 e. The fourth-order valence-corrected chi connectivity index (χ4v) is 3.39. The van der Waals surface area contributed by atoms with E-state index >= 15 is 0 Å². The maximum atomic E-state index is 5.65. The Kier molecular flexibility index (Phi) is 4.83. The molecule has 0 aromatic carbocycles. The first-order valence-electron chi connectivity index (χ1n) is 7.19. The van der Waals surface area contributed by atoms with Gasteiger partial charge in [-0.2, -0.15) is 0 Å². The standard InChI is InChI=1S/C14H28N2O/c1-11-4-6-16(12(2)8-11)9-13-10-17-7-5-14(13)15-3/h11-15H,4-10H2,1-3H3. The van der Waals surface area contributed by atoms with E-state index in [1.165, 1.54) is 32.4 Å². The van der Waals surface area contributed by atoms with E-state index in [9.17, 15) is 0 Å². The minimum Gasteiger partial charge on any atom is -0.381 e. The predicted molar refractivity (Wildman–Crippen MR) is 71.2 cm³/mol. The summed E-state index contributed by atoms with van der Waals surface area (Å²) in [5, 5.41) is 3.46. The Bertz CT molecular complexity index is 234. The summed E-state index contributed by atoms with van der Waals surface area (Å²) < 4.78 is 5.65. The SMILES string of the molecule is CNC1CCOCC1CN1CCC(C)CC1C. The second-order valence-electron chi connectivity index (χ2n) is 5.99. The second-order valence-corrected chi connectivity index (χ2v) is 5.99. The number of rotatable bonds is 3. The van der Waals surface area contributed by atoms with Crippen molar-refractivity contribution >= 4 is 0 Å². The van der Waals surface area contributed by atoms with Gasteiger partial charge in [-0.3, -0.25) is 0 Å². The Morgan fingerprint density at radius 2 is 2.12 bits per heavy atom. The van der Waals surface area contributed by atoms with E-state index in [0.29, 0.717) is 12.0 Å². The highest BCUT2D eigenvalue weighted by Crippen LogP contribution is 2.25. The number of nitrogens with one attached hydrogen (secondary N) is 1. The summed E-state index contributed by atoms with van der Waals surface area (Å²) in [6.45, 7) is 9.11. The van der Waals surface area contributed by atoms with Gasteiger partial charge in [0.15, 0.2) is 0 Å². The number of piperidine rings is 1. The van der Waals surface area contributed by atoms with Crippen LogP contribution in [0.15, 0.2) is 0 Å². The summed E-state index contributed by atoms with van der Waals surface area (Å²) in [4.78, 5) is 2.67. The molecular formula is C14H28N2O. The lowest BCUT2D eigenvalue weighted by Gasteiger charge is -2.41. The maximum absolute atomic E-state index is 5.65. The first kappa shape index (κ1) is 13.3. The fourth-order valence-electron chi connectivity index (χ4n) is 3.39. The molecule has 0 bridgehead atoms. The van der Waals surface area contributed by atoms with E-state index in [0.717, 1.165) is 25.2 Å². The van der Waals surface area contributed by atoms with Crippen LogP contribution in [-0.4, -0.2) is 50.3 Å². The molecule has 100 valence electrons. The van der Waals surface area contributed by atoms with Gasteiger partial charge in [0.2, 0.25) is 0 Å². The van der Waals surface area contributed by atoms with Crippen molar-refractivity contribution in [3.05, 3.63) is 0 Å². The van der Waals surface area contributed by atoms with Gasteiger partial charge in [-0.25, -0.2) is 0 Å². The normalized spacial score (nSPS) is 40.4. The van der Waals surface area contributed by atoms with E-state index < -0.39 is 0 Å². The Morgan fingerprint density at radius 1 is 1.29 bits per heavy atom. The summed E-state index contributed by atoms with van der Waals surface area (Å²) >= 11 is 0. The fraction of sp³-hybridized carbons (Fsp3) is 1.00. The second kappa shape index (κ2) is 6.17. The van der Waals surface area contributed by atoms with Crippen LogP contribution in [0.2, 0.25) is 0 Å². The van der Waals surface area contributed by atoms with Crippen LogP contribution in [0, 0.1) is 11.8 Å². The van der Waals surface area contributed by atoms with Crippen molar-refractivity contribution in [2.75, 3.05) is 33.4 Å². The predicted octanol–water partition coefficient (Wildman–Crippen LogP) is 1.73. The van der Waals surface area contributed by atoms with Gasteiger partial charge in [0, 0.05) is 31.2 Å². The minimum absolute atomic E-state index is 0.648. The lowest BCUT2D eigenvalue weighted by Crippen LogP contribution is -2.50. The van der Waals surface area contributed by atoms with Crippen molar-refractivity contribution in [1.82, 2.24) is 10.2 Å². The average molecular weight is 240 g/mol. The topological polar surface area (TPSA) is 24.5 Å². The molecule has 0 amide bonds. The Balaban J connectivity index is 1.86. The molecule has 0 aromatic heterocycles. The minimum atomic E-state index is 0.648. The highest BCUT2D eigenvalue weighted by molar-refractivity contribution is 4.85. The monoisotopic (exact) mass is 240 g/mol. The molecular weight excluding hydrogens is 212 g/mol. The third-order valence-corrected chi connectivity index (χ3v) is 4.59. The third-order valence-electron chi connectivity index (χ3n) is 4.59. The summed E-state index contributed by atoms with van der Waals surface area (Å²) in [5.74, 6) is 1.58. The van der Waals surface area contributed by atoms with Crippen molar-refractivity contribution in [2.45, 2.75) is 45.2 Å². The van der Waals surface area contributed by atoms with Gasteiger partial charge >= 0.3 is 0 Å². The van der Waals surface area contributed by atoms with Gasteiger partial charge in [0.1, 0.15) is 0 Å². The Morgan fingerprint density at radius 3 is 2.82 bits per heavy atom. The number of hydrogen-bond acceptors (Lipinski definition) is 3. The van der Waals surface area contributed by atoms with E-state index in [2.05, 4.69) is 31.1 Å². The smallest absolute Gasteiger partial charge is 0.0521 e. The van der Waals surface area contributed by atoms with Crippen LogP contribution in [0.25, 0.3) is 0 Å². The Hall–Kier alpha value is -0.120. The van der Waals surface area contributed by atoms with Gasteiger partial charge in [-0.1, -0.05) is 6.92 Å². The maximum Gasteiger partial charge on any atom is 0.0521 e. The van der Waals surface area contributed by atoms with Gasteiger partial charge < -0.3 is 15.0 Å². The third kappa shape index (κ3) is 3.43. The number of nitrogens with zero attached hydrogens (tertiary/aromatic N) is 1. The van der Waals surface area contributed by atoms with Crippen molar-refractivity contribution in [3.63, 3.8) is 0 Å². The molecule has 0 saturated carbocycles. The van der Waals surface area contributed by atoms with Gasteiger partial charge in [-0.15, -0.1) is 0 Å². The molecule has 0 radical (unpaired) electrons. The van der Waals surface area contributed by atoms with Gasteiger partial charge in [0.05, 0.1) is 6.61 Å². The summed E-state index contributed by atoms with van der Waals surface area (Å²) in [6.07, 6.45) is 3.89. The molecule has 3 nitrogen and oxygen atoms in total. The molecule has 3 heteroatoms. The van der Waals surface area contributed by atoms with E-state index in [4.69, 9.17) is 4.74 Å². The van der Waals surface area contributed by atoms with Crippen LogP contribution < -0.4 is 5.32 Å². The molecule has 2 aliphatic rings. The molecule has 2 aliphatic heterocycles. The zero-order valence-electron chi connectivity index (χ0n) is 11.6. The molecule has 2 fully saturated rings. The van der Waals surface area contributed by atoms with Crippen LogP contribution in [-0.2, 0) is 4.74 Å². The molecule has 0 aliphatic carbocycles. The first-order valence-corrected chi connectivity index (χ1v) is 7.19. The van der Waals surface area contributed by atoms with Crippen LogP contribution in [0.4, 0.5) is 0 Å². The van der Waals surface area contributed by atoms with Crippen molar-refractivity contribution in [2.24, 2.45) is 11.8 Å².